The van der Waals surface area contributed by atoms with Crippen molar-refractivity contribution in [1.82, 2.24) is 20.1 Å². The average Bonchev–Trinajstić information content (AvgIpc) is 3.44. The van der Waals surface area contributed by atoms with E-state index >= 15 is 0 Å². The number of hydrogen-bond donors (Lipinski definition) is 3. The topological polar surface area (TPSA) is 118 Å². The second-order valence-electron chi connectivity index (χ2n) is 11.0. The number of benzene rings is 2. The lowest BCUT2D eigenvalue weighted by molar-refractivity contribution is -0.118. The lowest BCUT2D eigenvalue weighted by atomic mass is 9.99. The van der Waals surface area contributed by atoms with Crippen molar-refractivity contribution in [2.45, 2.75) is 58.7 Å². The van der Waals surface area contributed by atoms with Gasteiger partial charge in [0.2, 0.25) is 5.91 Å². The maximum absolute atomic E-state index is 13.5. The molecule has 0 spiro atoms. The zero-order valence-corrected chi connectivity index (χ0v) is 24.5. The summed E-state index contributed by atoms with van der Waals surface area (Å²) >= 11 is 6.57. The van der Waals surface area contributed by atoms with E-state index in [2.05, 4.69) is 20.8 Å². The summed E-state index contributed by atoms with van der Waals surface area (Å²) in [4.78, 5) is 38.4. The molecule has 0 saturated carbocycles. The summed E-state index contributed by atoms with van der Waals surface area (Å²) in [7, 11) is 0. The number of carbonyl (C=O) groups is 2. The third-order valence-electron chi connectivity index (χ3n) is 6.29. The Hall–Kier alpha value is -4.37. The zero-order chi connectivity index (χ0) is 29.7. The molecule has 0 bridgehead atoms. The molecule has 0 radical (unpaired) electrons. The highest BCUT2D eigenvalue weighted by Gasteiger charge is 2.26. The number of aromatic amines is 1. The van der Waals surface area contributed by atoms with Crippen molar-refractivity contribution in [1.29, 1.82) is 0 Å². The molecular formula is C31H34ClN5O4. The third kappa shape index (κ3) is 7.85. The fourth-order valence-electron chi connectivity index (χ4n) is 4.25. The normalized spacial score (nSPS) is 12.2. The van der Waals surface area contributed by atoms with Gasteiger partial charge in [-0.25, -0.2) is 4.79 Å². The first-order valence-electron chi connectivity index (χ1n) is 13.3. The number of nitrogens with zero attached hydrogens (tertiary/aromatic N) is 2. The lowest BCUT2D eigenvalue weighted by Crippen LogP contribution is -2.47. The zero-order valence-electron chi connectivity index (χ0n) is 23.7. The monoisotopic (exact) mass is 575 g/mol. The van der Waals surface area contributed by atoms with Crippen molar-refractivity contribution in [2.24, 2.45) is 0 Å². The Morgan fingerprint density at radius 2 is 1.68 bits per heavy atom. The molecule has 214 valence electrons. The van der Waals surface area contributed by atoms with Crippen molar-refractivity contribution < 1.29 is 14.3 Å². The summed E-state index contributed by atoms with van der Waals surface area (Å²) in [5, 5.41) is 12.8. The molecule has 4 rings (SSSR count). The molecule has 0 aliphatic rings. The van der Waals surface area contributed by atoms with E-state index in [1.165, 1.54) is 6.07 Å². The van der Waals surface area contributed by atoms with Crippen molar-refractivity contribution in [2.75, 3.05) is 5.32 Å². The van der Waals surface area contributed by atoms with E-state index in [0.717, 1.165) is 22.3 Å². The van der Waals surface area contributed by atoms with Gasteiger partial charge in [-0.2, -0.15) is 5.10 Å². The molecule has 0 aliphatic heterocycles. The molecule has 9 nitrogen and oxygen atoms in total. The van der Waals surface area contributed by atoms with Gasteiger partial charge in [-0.05, 0) is 87.2 Å². The van der Waals surface area contributed by atoms with Gasteiger partial charge in [0.05, 0.1) is 6.20 Å². The fourth-order valence-corrected chi connectivity index (χ4v) is 4.45. The molecule has 41 heavy (non-hydrogen) atoms. The number of nitrogens with one attached hydrogen (secondary N) is 3. The SMILES string of the molecule is CC(C)n1cc(-c2ccc(Cl)c(CC(NC(=O)OC(C)(C)C)C(=O)Nc3ccc(-c4cn[nH]c4)cc3)c2)ccc1=O. The minimum absolute atomic E-state index is 0.00548. The number of amides is 2. The molecule has 10 heteroatoms. The highest BCUT2D eigenvalue weighted by atomic mass is 35.5. The van der Waals surface area contributed by atoms with Crippen molar-refractivity contribution in [3.05, 3.63) is 94.1 Å². The number of hydrogen-bond acceptors (Lipinski definition) is 5. The Balaban J connectivity index is 1.60. The predicted molar refractivity (Wildman–Crippen MR) is 161 cm³/mol. The minimum Gasteiger partial charge on any atom is -0.444 e. The van der Waals surface area contributed by atoms with Gasteiger partial charge in [-0.3, -0.25) is 14.7 Å². The van der Waals surface area contributed by atoms with E-state index in [0.29, 0.717) is 16.3 Å². The van der Waals surface area contributed by atoms with Crippen LogP contribution >= 0.6 is 11.6 Å². The van der Waals surface area contributed by atoms with Crippen LogP contribution in [0.1, 0.15) is 46.2 Å². The number of aromatic nitrogens is 3. The van der Waals surface area contributed by atoms with E-state index in [-0.39, 0.29) is 18.0 Å². The van der Waals surface area contributed by atoms with Crippen molar-refractivity contribution in [3.63, 3.8) is 0 Å². The first-order valence-corrected chi connectivity index (χ1v) is 13.7. The van der Waals surface area contributed by atoms with E-state index < -0.39 is 23.6 Å². The van der Waals surface area contributed by atoms with Gasteiger partial charge in [0.1, 0.15) is 11.6 Å². The van der Waals surface area contributed by atoms with Gasteiger partial charge in [0, 0.05) is 47.2 Å². The van der Waals surface area contributed by atoms with Gasteiger partial charge in [0.15, 0.2) is 0 Å². The molecule has 0 aliphatic carbocycles. The number of anilines is 1. The highest BCUT2D eigenvalue weighted by molar-refractivity contribution is 6.31. The third-order valence-corrected chi connectivity index (χ3v) is 6.66. The summed E-state index contributed by atoms with van der Waals surface area (Å²) in [6.07, 6.45) is 4.68. The highest BCUT2D eigenvalue weighted by Crippen LogP contribution is 2.27. The number of carbonyl (C=O) groups excluding carboxylic acids is 2. The van der Waals surface area contributed by atoms with Crippen LogP contribution in [0.5, 0.6) is 0 Å². The van der Waals surface area contributed by atoms with Gasteiger partial charge in [-0.1, -0.05) is 29.8 Å². The smallest absolute Gasteiger partial charge is 0.408 e. The molecular weight excluding hydrogens is 542 g/mol. The molecule has 1 unspecified atom stereocenters. The summed E-state index contributed by atoms with van der Waals surface area (Å²) in [5.41, 5.74) is 3.89. The molecule has 2 amide bonds. The lowest BCUT2D eigenvalue weighted by Gasteiger charge is -2.24. The Morgan fingerprint density at radius 1 is 1.00 bits per heavy atom. The maximum Gasteiger partial charge on any atom is 0.408 e. The number of ether oxygens (including phenoxy) is 1. The molecule has 3 N–H and O–H groups in total. The molecule has 0 fully saturated rings. The minimum atomic E-state index is -0.990. The number of rotatable bonds is 8. The molecule has 2 aromatic carbocycles. The standard InChI is InChI=1S/C31H34ClN5O4/c1-19(2)37-18-22(9-13-28(37)38)21-8-12-26(32)23(14-21)15-27(36-30(40)41-31(3,4)5)29(39)35-25-10-6-20(7-11-25)24-16-33-34-17-24/h6-14,16-19,27H,15H2,1-5H3,(H,33,34)(H,35,39)(H,36,40). The van der Waals surface area contributed by atoms with Crippen LogP contribution in [-0.4, -0.2) is 38.4 Å². The van der Waals surface area contributed by atoms with Crippen LogP contribution in [0.4, 0.5) is 10.5 Å². The van der Waals surface area contributed by atoms with Crippen LogP contribution in [0.3, 0.4) is 0 Å². The quantitative estimate of drug-likeness (QED) is 0.231. The van der Waals surface area contributed by atoms with Gasteiger partial charge < -0.3 is 19.9 Å². The van der Waals surface area contributed by atoms with Crippen LogP contribution in [0.15, 0.2) is 78.0 Å². The number of alkyl carbamates (subject to hydrolysis) is 1. The van der Waals surface area contributed by atoms with Crippen molar-refractivity contribution in [3.8, 4) is 22.3 Å². The van der Waals surface area contributed by atoms with Gasteiger partial charge >= 0.3 is 6.09 Å². The first-order chi connectivity index (χ1) is 19.4. The average molecular weight is 576 g/mol. The van der Waals surface area contributed by atoms with Crippen LogP contribution in [-0.2, 0) is 16.0 Å². The summed E-state index contributed by atoms with van der Waals surface area (Å²) < 4.78 is 7.08. The number of H-pyrrole nitrogens is 1. The van der Waals surface area contributed by atoms with Crippen LogP contribution < -0.4 is 16.2 Å². The Morgan fingerprint density at radius 3 is 2.32 bits per heavy atom. The Bertz CT molecular complexity index is 1570. The van der Waals surface area contributed by atoms with Crippen LogP contribution in [0.2, 0.25) is 5.02 Å². The maximum atomic E-state index is 13.5. The molecule has 2 aromatic heterocycles. The second-order valence-corrected chi connectivity index (χ2v) is 11.4. The van der Waals surface area contributed by atoms with Crippen molar-refractivity contribution >= 4 is 29.3 Å². The summed E-state index contributed by atoms with van der Waals surface area (Å²) in [6, 6.07) is 15.0. The predicted octanol–water partition coefficient (Wildman–Crippen LogP) is 6.21. The molecule has 2 heterocycles. The number of halogens is 1. The second kappa shape index (κ2) is 12.4. The van der Waals surface area contributed by atoms with E-state index in [1.54, 1.807) is 68.2 Å². The first kappa shape index (κ1) is 29.6. The largest absolute Gasteiger partial charge is 0.444 e. The van der Waals surface area contributed by atoms with Gasteiger partial charge in [-0.15, -0.1) is 0 Å². The summed E-state index contributed by atoms with van der Waals surface area (Å²) in [5.74, 6) is -0.429. The van der Waals surface area contributed by atoms with E-state index in [1.807, 2.05) is 38.1 Å². The Kier molecular flexibility index (Phi) is 8.98. The number of pyridine rings is 1. The van der Waals surface area contributed by atoms with E-state index in [9.17, 15) is 14.4 Å². The molecule has 0 saturated heterocycles. The molecule has 1 atom stereocenters. The van der Waals surface area contributed by atoms with Crippen LogP contribution in [0.25, 0.3) is 22.3 Å². The van der Waals surface area contributed by atoms with E-state index in [4.69, 9.17) is 16.3 Å². The fraction of sp³-hybridized carbons (Fsp3) is 0.290. The summed E-state index contributed by atoms with van der Waals surface area (Å²) in [6.45, 7) is 9.13. The van der Waals surface area contributed by atoms with Gasteiger partial charge in [0.25, 0.3) is 5.56 Å². The van der Waals surface area contributed by atoms with Crippen LogP contribution in [0, 0.1) is 0 Å². The Labute approximate surface area is 243 Å². The molecule has 4 aromatic rings.